The van der Waals surface area contributed by atoms with Crippen LogP contribution in [0.5, 0.6) is 5.75 Å². The Morgan fingerprint density at radius 2 is 1.18 bits per heavy atom. The van der Waals surface area contributed by atoms with Gasteiger partial charge in [-0.25, -0.2) is 23.9 Å². The summed E-state index contributed by atoms with van der Waals surface area (Å²) >= 11 is 0. The van der Waals surface area contributed by atoms with E-state index < -0.39 is 145 Å². The number of alkyl halides is 3. The number of phosphoric acid groups is 2. The fourth-order valence-electron chi connectivity index (χ4n) is 7.82. The van der Waals surface area contributed by atoms with Crippen molar-refractivity contribution in [1.29, 1.82) is 0 Å². The summed E-state index contributed by atoms with van der Waals surface area (Å²) in [4.78, 5) is 48.0. The topological polar surface area (TPSA) is 250 Å². The lowest BCUT2D eigenvalue weighted by Gasteiger charge is -2.44. The summed E-state index contributed by atoms with van der Waals surface area (Å²) in [5.74, 6) is -0.0524. The molecule has 0 amide bonds. The predicted octanol–water partition coefficient (Wildman–Crippen LogP) is 12.4. The molecule has 30 heteroatoms. The lowest BCUT2D eigenvalue weighted by Crippen LogP contribution is -2.55. The number of hydrogen-bond acceptors (Lipinski definition) is 18. The molecule has 0 bridgehead atoms. The zero-order chi connectivity index (χ0) is 60.6. The van der Waals surface area contributed by atoms with Crippen LogP contribution in [-0.2, 0) is 60.4 Å². The van der Waals surface area contributed by atoms with E-state index in [-0.39, 0.29) is 37.4 Å². The number of aromatic amines is 1. The monoisotopic (exact) mass is 1240 g/mol. The summed E-state index contributed by atoms with van der Waals surface area (Å²) in [6.07, 6.45) is -11.0. The number of nitrogens with one attached hydrogen (secondary N) is 1. The van der Waals surface area contributed by atoms with E-state index in [0.29, 0.717) is 6.07 Å². The zero-order valence-electron chi connectivity index (χ0n) is 49.8. The Balaban J connectivity index is 1.33. The number of nitrogens with zero attached hydrogens (tertiary/aromatic N) is 3. The number of ether oxygens (including phenoxy) is 3. The van der Waals surface area contributed by atoms with Gasteiger partial charge in [-0.3, -0.25) is 22.9 Å². The van der Waals surface area contributed by atoms with Gasteiger partial charge >= 0.3 is 27.4 Å². The quantitative estimate of drug-likeness (QED) is 0.0474. The van der Waals surface area contributed by atoms with Gasteiger partial charge in [0.25, 0.3) is 5.56 Å². The average molecular weight is 1240 g/mol. The van der Waals surface area contributed by atoms with E-state index in [0.717, 1.165) is 19.2 Å². The van der Waals surface area contributed by atoms with Gasteiger partial charge in [0.05, 0.1) is 31.4 Å². The second-order valence-corrected chi connectivity index (χ2v) is 49.0. The highest BCUT2D eigenvalue weighted by atomic mass is 31.3. The highest BCUT2D eigenvalue weighted by molar-refractivity contribution is 7.61. The highest BCUT2D eigenvalue weighted by Gasteiger charge is 2.58. The fourth-order valence-corrected chi connectivity index (χ4v) is 15.4. The van der Waals surface area contributed by atoms with Crippen LogP contribution in [-0.4, -0.2) is 121 Å². The summed E-state index contributed by atoms with van der Waals surface area (Å²) in [7, 11) is -20.6. The van der Waals surface area contributed by atoms with Crippen molar-refractivity contribution in [2.45, 2.75) is 211 Å². The van der Waals surface area contributed by atoms with E-state index in [1.807, 2.05) is 80.8 Å². The molecular formula is C50H83F3N4O17P2Si4. The van der Waals surface area contributed by atoms with Crippen LogP contribution in [0.25, 0.3) is 22.1 Å². The van der Waals surface area contributed by atoms with Crippen LogP contribution in [0.4, 0.5) is 13.2 Å². The standard InChI is InChI=1S/C50H83F3N4O17P2Si4/c1-46(2,3)77(14,15)70-38-34(68-44(40(38)72-79(18,19)48(7,8)9)57-29-56-37-42(57)54-28-55-43(37)59)26-64-75(60,61)74-76(62,63-13)65-27-35-39(71-78(16,17)47(4,5)6)41(73-80(20,21)49(10,11)12)45(69-35)66-30-22-23-31-32(50(51,52)53)25-36(58)67-33(31)24-30/h22-25,28-29,34-35,38-41,44-45H,26-27H2,1-21H3,(H,60,61)(H,54,55,59)/t34?,35-,38?,39?,40?,41?,44?,45?,76?/m1/s1. The van der Waals surface area contributed by atoms with E-state index in [1.54, 1.807) is 4.57 Å². The Morgan fingerprint density at radius 3 is 1.69 bits per heavy atom. The number of phosphoric ester groups is 2. The van der Waals surface area contributed by atoms with Gasteiger partial charge in [-0.05, 0) is 84.7 Å². The van der Waals surface area contributed by atoms with Gasteiger partial charge in [-0.2, -0.15) is 17.5 Å². The molecule has 2 saturated heterocycles. The van der Waals surface area contributed by atoms with Gasteiger partial charge in [-0.1, -0.05) is 83.1 Å². The Kier molecular flexibility index (Phi) is 19.0. The second kappa shape index (κ2) is 22.9. The van der Waals surface area contributed by atoms with E-state index in [2.05, 4.69) is 69.6 Å². The number of benzene rings is 1. The van der Waals surface area contributed by atoms with Crippen molar-refractivity contribution >= 4 is 71.0 Å². The molecule has 21 nitrogen and oxygen atoms in total. The van der Waals surface area contributed by atoms with Gasteiger partial charge < -0.3 is 46.2 Å². The fraction of sp³-hybridized carbons (Fsp3) is 0.720. The van der Waals surface area contributed by atoms with Crippen LogP contribution in [0.2, 0.25) is 72.5 Å². The first-order valence-corrected chi connectivity index (χ1v) is 41.0. The van der Waals surface area contributed by atoms with Crippen LogP contribution >= 0.6 is 15.6 Å². The molecule has 0 saturated carbocycles. The Bertz CT molecular complexity index is 3080. The summed E-state index contributed by atoms with van der Waals surface area (Å²) in [5.41, 5.74) is -3.06. The molecule has 3 aromatic heterocycles. The van der Waals surface area contributed by atoms with Gasteiger partial charge in [-0.15, -0.1) is 0 Å². The summed E-state index contributed by atoms with van der Waals surface area (Å²) in [6.45, 7) is 39.3. The molecule has 2 aliphatic rings. The van der Waals surface area contributed by atoms with Crippen molar-refractivity contribution in [3.05, 3.63) is 63.3 Å². The lowest BCUT2D eigenvalue weighted by atomic mass is 10.1. The lowest BCUT2D eigenvalue weighted by molar-refractivity contribution is -0.136. The minimum Gasteiger partial charge on any atom is -0.462 e. The third-order valence-electron chi connectivity index (χ3n) is 16.6. The van der Waals surface area contributed by atoms with Crippen LogP contribution in [0.1, 0.15) is 94.9 Å². The Hall–Kier alpha value is -2.74. The van der Waals surface area contributed by atoms with Gasteiger partial charge in [0.2, 0.25) is 6.29 Å². The van der Waals surface area contributed by atoms with Crippen LogP contribution in [0.3, 0.4) is 0 Å². The number of fused-ring (bicyclic) bond motifs is 2. The van der Waals surface area contributed by atoms with Crippen LogP contribution in [0, 0.1) is 0 Å². The molecule has 10 atom stereocenters. The van der Waals surface area contributed by atoms with Gasteiger partial charge in [0.1, 0.15) is 48.0 Å². The number of hydrogen-bond donors (Lipinski definition) is 2. The molecule has 4 aromatic rings. The molecule has 0 spiro atoms. The van der Waals surface area contributed by atoms with Crippen molar-refractivity contribution in [2.75, 3.05) is 20.3 Å². The number of imidazole rings is 1. The van der Waals surface area contributed by atoms with E-state index in [9.17, 15) is 36.8 Å². The van der Waals surface area contributed by atoms with Crippen LogP contribution < -0.4 is 15.9 Å². The van der Waals surface area contributed by atoms with E-state index in [1.165, 1.54) is 18.7 Å². The van der Waals surface area contributed by atoms with Crippen molar-refractivity contribution < 1.29 is 81.4 Å². The first kappa shape index (κ1) is 66.4. The zero-order valence-corrected chi connectivity index (χ0v) is 55.6. The molecule has 6 rings (SSSR count). The number of halogens is 3. The van der Waals surface area contributed by atoms with Crippen molar-refractivity contribution in [2.24, 2.45) is 0 Å². The average Bonchev–Trinajstić information content (AvgIpc) is 3.95. The molecule has 9 unspecified atom stereocenters. The summed E-state index contributed by atoms with van der Waals surface area (Å²) < 4.78 is 148. The number of aromatic nitrogens is 4. The third kappa shape index (κ3) is 14.7. The van der Waals surface area contributed by atoms with Gasteiger partial charge in [0, 0.05) is 24.6 Å². The van der Waals surface area contributed by atoms with Crippen molar-refractivity contribution in [3.8, 4) is 5.75 Å². The normalized spacial score (nSPS) is 24.9. The first-order valence-electron chi connectivity index (χ1n) is 26.4. The van der Waals surface area contributed by atoms with Crippen LogP contribution in [0.15, 0.2) is 50.9 Å². The summed E-state index contributed by atoms with van der Waals surface area (Å²) in [6, 6.07) is 3.89. The smallest absolute Gasteiger partial charge is 0.462 e. The highest BCUT2D eigenvalue weighted by Crippen LogP contribution is 2.64. The molecular weight excluding hydrogens is 1160 g/mol. The summed E-state index contributed by atoms with van der Waals surface area (Å²) in [5, 5.41) is -1.81. The number of rotatable bonds is 20. The molecule has 452 valence electrons. The molecule has 80 heavy (non-hydrogen) atoms. The maximum Gasteiger partial charge on any atom is 0.483 e. The van der Waals surface area contributed by atoms with Crippen molar-refractivity contribution in [3.63, 3.8) is 0 Å². The second-order valence-electron chi connectivity index (χ2n) is 26.6. The maximum atomic E-state index is 14.5. The first-order chi connectivity index (χ1) is 36.1. The molecule has 2 N–H and O–H groups in total. The molecule has 0 aliphatic carbocycles. The third-order valence-corrected chi connectivity index (χ3v) is 37.5. The number of H-pyrrole nitrogens is 1. The minimum atomic E-state index is -5.45. The predicted molar refractivity (Wildman–Crippen MR) is 305 cm³/mol. The van der Waals surface area contributed by atoms with Gasteiger partial charge in [0.15, 0.2) is 50.7 Å². The molecule has 5 heterocycles. The molecule has 2 fully saturated rings. The van der Waals surface area contributed by atoms with Crippen molar-refractivity contribution in [1.82, 2.24) is 19.5 Å². The molecule has 2 aliphatic heterocycles. The molecule has 1 aromatic carbocycles. The minimum absolute atomic E-state index is 0.0435. The maximum absolute atomic E-state index is 14.5. The van der Waals surface area contributed by atoms with E-state index >= 15 is 0 Å². The Morgan fingerprint density at radius 1 is 0.688 bits per heavy atom. The SMILES string of the molecule is COP(=O)(OC[C@H]1OC(Oc2ccc3c(C(F)(F)F)cc(=O)oc3c2)C(O[Si](C)(C)C(C)(C)C)C1O[Si](C)(C)C(C)(C)C)OP(=O)(O)OCC1OC(n2cnc3c(=O)[nH]cnc32)C(O[Si](C)(C)C(C)(C)C)C1O[Si](C)(C)C(C)(C)C. The molecule has 0 radical (unpaired) electrons. The largest absolute Gasteiger partial charge is 0.483 e. The van der Waals surface area contributed by atoms with E-state index in [4.69, 9.17) is 54.2 Å². The Labute approximate surface area is 470 Å².